The van der Waals surface area contributed by atoms with E-state index in [4.69, 9.17) is 23.7 Å². The highest BCUT2D eigenvalue weighted by Crippen LogP contribution is 2.26. The third kappa shape index (κ3) is 6.05. The normalized spacial score (nSPS) is 18.8. The van der Waals surface area contributed by atoms with Gasteiger partial charge in [0.05, 0.1) is 33.0 Å². The Balaban J connectivity index is 1.47. The van der Waals surface area contributed by atoms with Crippen LogP contribution in [-0.2, 0) is 20.8 Å². The molecule has 1 heterocycles. The maximum absolute atomic E-state index is 5.85. The highest BCUT2D eigenvalue weighted by molar-refractivity contribution is 5.39. The molecule has 3 rings (SSSR count). The van der Waals surface area contributed by atoms with E-state index in [1.54, 1.807) is 0 Å². The second-order valence-electron chi connectivity index (χ2n) is 5.71. The van der Waals surface area contributed by atoms with Gasteiger partial charge in [-0.25, -0.2) is 0 Å². The topological polar surface area (TPSA) is 46.2 Å². The lowest BCUT2D eigenvalue weighted by atomic mass is 10.2. The first kappa shape index (κ1) is 17.7. The number of hydrogen-bond acceptors (Lipinski definition) is 5. The quantitative estimate of drug-likeness (QED) is 0.853. The SMILES string of the molecule is c1ccc(COCC2COCCOc3ccccc3OCCO2)cc1. The summed E-state index contributed by atoms with van der Waals surface area (Å²) in [4.78, 5) is 0. The van der Waals surface area contributed by atoms with E-state index in [0.29, 0.717) is 46.2 Å². The lowest BCUT2D eigenvalue weighted by Gasteiger charge is -2.20. The molecule has 1 aliphatic heterocycles. The number of rotatable bonds is 4. The molecule has 2 aromatic carbocycles. The molecule has 5 heteroatoms. The fourth-order valence-electron chi connectivity index (χ4n) is 2.51. The van der Waals surface area contributed by atoms with Crippen LogP contribution in [0.4, 0.5) is 0 Å². The smallest absolute Gasteiger partial charge is 0.161 e. The molecule has 0 amide bonds. The van der Waals surface area contributed by atoms with Gasteiger partial charge in [-0.2, -0.15) is 0 Å². The Morgan fingerprint density at radius 3 is 2.24 bits per heavy atom. The number of benzene rings is 2. The average Bonchev–Trinajstić information content (AvgIpc) is 2.65. The first-order valence-electron chi connectivity index (χ1n) is 8.57. The van der Waals surface area contributed by atoms with Gasteiger partial charge in [0.25, 0.3) is 0 Å². The molecule has 0 saturated heterocycles. The minimum absolute atomic E-state index is 0.123. The zero-order chi connectivity index (χ0) is 17.2. The molecule has 0 spiro atoms. The maximum atomic E-state index is 5.85. The van der Waals surface area contributed by atoms with Crippen molar-refractivity contribution < 1.29 is 23.7 Å². The summed E-state index contributed by atoms with van der Waals surface area (Å²) in [5.41, 5.74) is 1.14. The van der Waals surface area contributed by atoms with Crippen LogP contribution in [0.25, 0.3) is 0 Å². The van der Waals surface area contributed by atoms with Gasteiger partial charge in [-0.1, -0.05) is 42.5 Å². The molecule has 0 saturated carbocycles. The summed E-state index contributed by atoms with van der Waals surface area (Å²) < 4.78 is 28.7. The summed E-state index contributed by atoms with van der Waals surface area (Å²) >= 11 is 0. The first-order chi connectivity index (χ1) is 12.4. The van der Waals surface area contributed by atoms with Crippen LogP contribution in [0.3, 0.4) is 0 Å². The highest BCUT2D eigenvalue weighted by atomic mass is 16.6. The zero-order valence-corrected chi connectivity index (χ0v) is 14.3. The van der Waals surface area contributed by atoms with Gasteiger partial charge in [0.1, 0.15) is 19.3 Å². The molecule has 0 aliphatic carbocycles. The maximum Gasteiger partial charge on any atom is 0.161 e. The van der Waals surface area contributed by atoms with Crippen LogP contribution in [0.15, 0.2) is 54.6 Å². The Hall–Kier alpha value is -2.08. The summed E-state index contributed by atoms with van der Waals surface area (Å²) in [6.07, 6.45) is -0.123. The Kier molecular flexibility index (Phi) is 7.12. The fraction of sp³-hybridized carbons (Fsp3) is 0.400. The van der Waals surface area contributed by atoms with E-state index in [1.807, 2.05) is 54.6 Å². The van der Waals surface area contributed by atoms with Crippen molar-refractivity contribution in [2.75, 3.05) is 39.6 Å². The van der Waals surface area contributed by atoms with Gasteiger partial charge in [-0.05, 0) is 17.7 Å². The number of hydrogen-bond donors (Lipinski definition) is 0. The largest absolute Gasteiger partial charge is 0.487 e. The molecule has 0 aromatic heterocycles. The van der Waals surface area contributed by atoms with Crippen molar-refractivity contribution in [2.24, 2.45) is 0 Å². The minimum atomic E-state index is -0.123. The van der Waals surface area contributed by atoms with E-state index in [2.05, 4.69) is 0 Å². The van der Waals surface area contributed by atoms with Crippen LogP contribution in [0.1, 0.15) is 5.56 Å². The molecule has 134 valence electrons. The van der Waals surface area contributed by atoms with Gasteiger partial charge in [0, 0.05) is 0 Å². The highest BCUT2D eigenvalue weighted by Gasteiger charge is 2.12. The van der Waals surface area contributed by atoms with E-state index in [9.17, 15) is 0 Å². The summed E-state index contributed by atoms with van der Waals surface area (Å²) in [5, 5.41) is 0. The molecule has 0 fully saturated rings. The number of para-hydroxylation sites is 2. The Morgan fingerprint density at radius 2 is 1.48 bits per heavy atom. The van der Waals surface area contributed by atoms with Crippen LogP contribution in [0.2, 0.25) is 0 Å². The van der Waals surface area contributed by atoms with Crippen molar-refractivity contribution in [2.45, 2.75) is 12.7 Å². The van der Waals surface area contributed by atoms with Gasteiger partial charge in [0.15, 0.2) is 11.5 Å². The summed E-state index contributed by atoms with van der Waals surface area (Å²) in [6, 6.07) is 17.7. The third-order valence-electron chi connectivity index (χ3n) is 3.75. The molecule has 25 heavy (non-hydrogen) atoms. The van der Waals surface area contributed by atoms with Gasteiger partial charge in [-0.3, -0.25) is 0 Å². The molecule has 1 atom stereocenters. The Labute approximate surface area is 148 Å². The fourth-order valence-corrected chi connectivity index (χ4v) is 2.51. The molecule has 5 nitrogen and oxygen atoms in total. The Morgan fingerprint density at radius 1 is 0.800 bits per heavy atom. The lowest BCUT2D eigenvalue weighted by molar-refractivity contribution is -0.0726. The van der Waals surface area contributed by atoms with Crippen molar-refractivity contribution in [3.8, 4) is 11.5 Å². The molecule has 0 radical (unpaired) electrons. The van der Waals surface area contributed by atoms with Gasteiger partial charge in [0.2, 0.25) is 0 Å². The molecule has 1 unspecified atom stereocenters. The number of fused-ring (bicyclic) bond motifs is 1. The summed E-state index contributed by atoms with van der Waals surface area (Å²) in [6.45, 7) is 3.40. The van der Waals surface area contributed by atoms with Crippen LogP contribution in [0, 0.1) is 0 Å². The monoisotopic (exact) mass is 344 g/mol. The summed E-state index contributed by atoms with van der Waals surface area (Å²) in [7, 11) is 0. The predicted molar refractivity (Wildman–Crippen MR) is 94.1 cm³/mol. The first-order valence-corrected chi connectivity index (χ1v) is 8.57. The molecule has 1 aliphatic rings. The zero-order valence-electron chi connectivity index (χ0n) is 14.3. The van der Waals surface area contributed by atoms with Crippen molar-refractivity contribution in [3.63, 3.8) is 0 Å². The van der Waals surface area contributed by atoms with Crippen LogP contribution >= 0.6 is 0 Å². The average molecular weight is 344 g/mol. The van der Waals surface area contributed by atoms with E-state index in [0.717, 1.165) is 17.1 Å². The minimum Gasteiger partial charge on any atom is -0.487 e. The van der Waals surface area contributed by atoms with Crippen LogP contribution < -0.4 is 9.47 Å². The lowest BCUT2D eigenvalue weighted by Crippen LogP contribution is -2.29. The third-order valence-corrected chi connectivity index (χ3v) is 3.75. The molecule has 0 N–H and O–H groups in total. The molecular formula is C20H24O5. The van der Waals surface area contributed by atoms with Crippen LogP contribution in [0.5, 0.6) is 11.5 Å². The van der Waals surface area contributed by atoms with Gasteiger partial charge >= 0.3 is 0 Å². The van der Waals surface area contributed by atoms with Crippen molar-refractivity contribution in [3.05, 3.63) is 60.2 Å². The van der Waals surface area contributed by atoms with Crippen molar-refractivity contribution in [1.29, 1.82) is 0 Å². The van der Waals surface area contributed by atoms with E-state index in [1.165, 1.54) is 0 Å². The van der Waals surface area contributed by atoms with Gasteiger partial charge in [-0.15, -0.1) is 0 Å². The second kappa shape index (κ2) is 10.0. The molecule has 2 aromatic rings. The second-order valence-corrected chi connectivity index (χ2v) is 5.71. The van der Waals surface area contributed by atoms with E-state index < -0.39 is 0 Å². The molecular weight excluding hydrogens is 320 g/mol. The molecule has 0 bridgehead atoms. The number of ether oxygens (including phenoxy) is 5. The summed E-state index contributed by atoms with van der Waals surface area (Å²) in [5.74, 6) is 1.46. The van der Waals surface area contributed by atoms with Crippen molar-refractivity contribution >= 4 is 0 Å². The van der Waals surface area contributed by atoms with Crippen molar-refractivity contribution in [1.82, 2.24) is 0 Å². The van der Waals surface area contributed by atoms with Crippen LogP contribution in [-0.4, -0.2) is 45.7 Å². The standard InChI is InChI=1S/C20H24O5/c1-2-6-17(7-3-1)14-22-16-18-15-21-10-11-24-19-8-4-5-9-20(19)25-13-12-23-18/h1-9,18H,10-16H2. The predicted octanol–water partition coefficient (Wildman–Crippen LogP) is 3.08. The van der Waals surface area contributed by atoms with Gasteiger partial charge < -0.3 is 23.7 Å². The van der Waals surface area contributed by atoms with E-state index in [-0.39, 0.29) is 6.10 Å². The Bertz CT molecular complexity index is 616. The van der Waals surface area contributed by atoms with E-state index >= 15 is 0 Å².